The zero-order chi connectivity index (χ0) is 27.7. The predicted molar refractivity (Wildman–Crippen MR) is 157 cm³/mol. The van der Waals surface area contributed by atoms with E-state index in [1.165, 1.54) is 67.7 Å². The minimum absolute atomic E-state index is 0.178. The van der Waals surface area contributed by atoms with Crippen molar-refractivity contribution in [1.82, 2.24) is 0 Å². The van der Waals surface area contributed by atoms with Crippen molar-refractivity contribution in [2.45, 2.75) is 55.9 Å². The molecule has 0 spiro atoms. The van der Waals surface area contributed by atoms with Crippen LogP contribution in [0.25, 0.3) is 0 Å². The Bertz CT molecular complexity index is 1460. The fourth-order valence-electron chi connectivity index (χ4n) is 7.57. The number of aryl methyl sites for hydroxylation is 1. The highest BCUT2D eigenvalue weighted by molar-refractivity contribution is 7.85. The first-order valence-corrected chi connectivity index (χ1v) is 15.6. The van der Waals surface area contributed by atoms with Crippen LogP contribution in [0.4, 0.5) is 17.1 Å². The number of rotatable bonds is 5. The predicted octanol–water partition coefficient (Wildman–Crippen LogP) is 7.27. The van der Waals surface area contributed by atoms with Crippen LogP contribution in [-0.2, 0) is 15.7 Å². The van der Waals surface area contributed by atoms with E-state index in [1.54, 1.807) is 12.1 Å². The van der Waals surface area contributed by atoms with Crippen molar-refractivity contribution < 1.29 is 17.5 Å². The number of hydrogen-bond donors (Lipinski definition) is 0. The fourth-order valence-corrected chi connectivity index (χ4v) is 8.04. The van der Waals surface area contributed by atoms with Gasteiger partial charge in [0.1, 0.15) is 10.1 Å². The Morgan fingerprint density at radius 2 is 1.10 bits per heavy atom. The van der Waals surface area contributed by atoms with Gasteiger partial charge in [0.2, 0.25) is 0 Å². The van der Waals surface area contributed by atoms with Gasteiger partial charge in [-0.05, 0) is 80.3 Å². The lowest BCUT2D eigenvalue weighted by atomic mass is 9.53. The summed E-state index contributed by atoms with van der Waals surface area (Å²) < 4.78 is 33.7. The van der Waals surface area contributed by atoms with E-state index in [-0.39, 0.29) is 4.90 Å². The van der Waals surface area contributed by atoms with Crippen molar-refractivity contribution in [2.24, 2.45) is 17.8 Å². The standard InChI is InChI=1S/C27H29N2.C7H8O3S/c1-3-7-24(8-4-1)29(25-9-5-2-6-10-25)26-11-13-28(14-12-26)27-18-21-15-22(19-27)17-23(16-21)20-27;1-6-2-4-7(5-3-6)11(8,9)10/h1-14,21-23H,15-20H2;2-5H,1H3,(H,8,9,10)/q+1;/p-1. The lowest BCUT2D eigenvalue weighted by Crippen LogP contribution is -2.64. The van der Waals surface area contributed by atoms with E-state index in [9.17, 15) is 13.0 Å². The Hall–Kier alpha value is -3.48. The summed E-state index contributed by atoms with van der Waals surface area (Å²) in [4.78, 5) is 2.17. The molecule has 0 atom stereocenters. The first kappa shape index (κ1) is 26.7. The van der Waals surface area contributed by atoms with Gasteiger partial charge < -0.3 is 9.45 Å². The molecule has 40 heavy (non-hydrogen) atoms. The molecular weight excluding hydrogens is 516 g/mol. The maximum absolute atomic E-state index is 10.4. The lowest BCUT2D eigenvalue weighted by Gasteiger charge is -2.53. The van der Waals surface area contributed by atoms with E-state index in [0.29, 0.717) is 5.54 Å². The van der Waals surface area contributed by atoms with Crippen molar-refractivity contribution in [2.75, 3.05) is 4.90 Å². The van der Waals surface area contributed by atoms with Crippen LogP contribution in [0.3, 0.4) is 0 Å². The van der Waals surface area contributed by atoms with Crippen molar-refractivity contribution in [3.63, 3.8) is 0 Å². The fraction of sp³-hybridized carbons (Fsp3) is 0.324. The van der Waals surface area contributed by atoms with Gasteiger partial charge in [0, 0.05) is 42.8 Å². The highest BCUT2D eigenvalue weighted by Crippen LogP contribution is 2.56. The summed E-state index contributed by atoms with van der Waals surface area (Å²) in [6.45, 7) is 1.82. The number of nitrogens with zero attached hydrogens (tertiary/aromatic N) is 2. The molecule has 0 radical (unpaired) electrons. The van der Waals surface area contributed by atoms with Gasteiger partial charge in [-0.1, -0.05) is 54.1 Å². The van der Waals surface area contributed by atoms with E-state index in [2.05, 4.69) is 94.7 Å². The van der Waals surface area contributed by atoms with Crippen LogP contribution in [0, 0.1) is 24.7 Å². The molecule has 4 aliphatic rings. The average molecular weight is 553 g/mol. The third-order valence-electron chi connectivity index (χ3n) is 8.96. The van der Waals surface area contributed by atoms with Gasteiger partial charge in [0.15, 0.2) is 17.9 Å². The molecule has 4 aromatic rings. The summed E-state index contributed by atoms with van der Waals surface area (Å²) in [7, 11) is -4.27. The number of para-hydroxylation sites is 2. The second kappa shape index (κ2) is 10.8. The molecule has 0 saturated heterocycles. The zero-order valence-electron chi connectivity index (χ0n) is 22.9. The molecule has 4 aliphatic carbocycles. The molecular formula is C34H36N2O3S. The van der Waals surface area contributed by atoms with Crippen LogP contribution in [0.5, 0.6) is 0 Å². The highest BCUT2D eigenvalue weighted by atomic mass is 32.2. The van der Waals surface area contributed by atoms with E-state index in [4.69, 9.17) is 0 Å². The molecule has 6 heteroatoms. The third-order valence-corrected chi connectivity index (χ3v) is 9.81. The first-order valence-electron chi connectivity index (χ1n) is 14.2. The maximum Gasteiger partial charge on any atom is 0.171 e. The molecule has 4 bridgehead atoms. The van der Waals surface area contributed by atoms with E-state index in [0.717, 1.165) is 23.3 Å². The molecule has 5 nitrogen and oxygen atoms in total. The van der Waals surface area contributed by atoms with Crippen molar-refractivity contribution in [3.05, 3.63) is 115 Å². The minimum atomic E-state index is -4.27. The Balaban J connectivity index is 0.000000223. The van der Waals surface area contributed by atoms with Crippen LogP contribution < -0.4 is 9.47 Å². The van der Waals surface area contributed by atoms with E-state index < -0.39 is 10.1 Å². The summed E-state index contributed by atoms with van der Waals surface area (Å²) in [5.74, 6) is 2.91. The van der Waals surface area contributed by atoms with Crippen molar-refractivity contribution >= 4 is 27.2 Å². The van der Waals surface area contributed by atoms with Crippen LogP contribution in [0.15, 0.2) is 114 Å². The largest absolute Gasteiger partial charge is 0.744 e. The Morgan fingerprint density at radius 1 is 0.675 bits per heavy atom. The van der Waals surface area contributed by atoms with Crippen LogP contribution >= 0.6 is 0 Å². The number of benzene rings is 3. The number of aromatic nitrogens is 1. The molecule has 4 fully saturated rings. The normalized spacial score (nSPS) is 24.7. The minimum Gasteiger partial charge on any atom is -0.744 e. The summed E-state index contributed by atoms with van der Waals surface area (Å²) in [6, 6.07) is 31.8. The van der Waals surface area contributed by atoms with E-state index >= 15 is 0 Å². The quantitative estimate of drug-likeness (QED) is 0.193. The average Bonchev–Trinajstić information content (AvgIpc) is 2.94. The maximum atomic E-state index is 10.4. The van der Waals surface area contributed by atoms with Crippen molar-refractivity contribution in [1.29, 1.82) is 0 Å². The number of hydrogen-bond acceptors (Lipinski definition) is 4. The van der Waals surface area contributed by atoms with Gasteiger partial charge in [0.05, 0.1) is 10.6 Å². The highest BCUT2D eigenvalue weighted by Gasteiger charge is 2.56. The second-order valence-corrected chi connectivity index (χ2v) is 13.3. The van der Waals surface area contributed by atoms with Crippen LogP contribution in [0.1, 0.15) is 44.1 Å². The Labute approximate surface area is 237 Å². The molecule has 0 unspecified atom stereocenters. The van der Waals surface area contributed by atoms with Crippen LogP contribution in [-0.4, -0.2) is 13.0 Å². The smallest absolute Gasteiger partial charge is 0.171 e. The Kier molecular flexibility index (Phi) is 7.24. The SMILES string of the molecule is Cc1ccc(S(=O)(=O)[O-])cc1.c1ccc(N(c2ccccc2)c2cc[n+](C34CC5CC(CC(C5)C3)C4)cc2)cc1. The second-order valence-electron chi connectivity index (χ2n) is 11.9. The summed E-state index contributed by atoms with van der Waals surface area (Å²) in [5.41, 5.74) is 4.94. The monoisotopic (exact) mass is 552 g/mol. The zero-order valence-corrected chi connectivity index (χ0v) is 23.7. The van der Waals surface area contributed by atoms with Gasteiger partial charge >= 0.3 is 0 Å². The molecule has 4 saturated carbocycles. The van der Waals surface area contributed by atoms with E-state index in [1.807, 2.05) is 6.92 Å². The molecule has 0 aliphatic heterocycles. The molecule has 0 amide bonds. The van der Waals surface area contributed by atoms with Gasteiger partial charge in [-0.3, -0.25) is 0 Å². The first-order chi connectivity index (χ1) is 19.3. The van der Waals surface area contributed by atoms with Gasteiger partial charge in [-0.2, -0.15) is 4.57 Å². The lowest BCUT2D eigenvalue weighted by molar-refractivity contribution is -0.776. The topological polar surface area (TPSA) is 64.3 Å². The number of anilines is 3. The van der Waals surface area contributed by atoms with Crippen molar-refractivity contribution in [3.8, 4) is 0 Å². The molecule has 1 heterocycles. The molecule has 3 aromatic carbocycles. The van der Waals surface area contributed by atoms with Crippen LogP contribution in [0.2, 0.25) is 0 Å². The third kappa shape index (κ3) is 5.56. The molecule has 0 N–H and O–H groups in total. The molecule has 8 rings (SSSR count). The van der Waals surface area contributed by atoms with Gasteiger partial charge in [-0.25, -0.2) is 8.42 Å². The Morgan fingerprint density at radius 3 is 1.52 bits per heavy atom. The van der Waals surface area contributed by atoms with Gasteiger partial charge in [-0.15, -0.1) is 0 Å². The van der Waals surface area contributed by atoms with Gasteiger partial charge in [0.25, 0.3) is 0 Å². The molecule has 1 aromatic heterocycles. The summed E-state index contributed by atoms with van der Waals surface area (Å²) in [5, 5.41) is 0. The summed E-state index contributed by atoms with van der Waals surface area (Å²) in [6.07, 6.45) is 13.4. The summed E-state index contributed by atoms with van der Waals surface area (Å²) >= 11 is 0. The number of pyridine rings is 1. The molecule has 206 valence electrons.